The van der Waals surface area contributed by atoms with Crippen molar-refractivity contribution in [3.63, 3.8) is 0 Å². The molecule has 3 aromatic rings. The van der Waals surface area contributed by atoms with Gasteiger partial charge in [-0.3, -0.25) is 4.79 Å². The Labute approximate surface area is 134 Å². The number of nitrogens with zero attached hydrogens (tertiary/aromatic N) is 1. The summed E-state index contributed by atoms with van der Waals surface area (Å²) in [7, 11) is 1.85. The minimum absolute atomic E-state index is 0.106. The molecule has 1 aromatic carbocycles. The zero-order chi connectivity index (χ0) is 15.7. The summed E-state index contributed by atoms with van der Waals surface area (Å²) in [4.78, 5) is 15.4. The molecule has 2 heterocycles. The van der Waals surface area contributed by atoms with Crippen LogP contribution in [0.4, 0.5) is 0 Å². The molecule has 0 aliphatic carbocycles. The molecule has 3 nitrogen and oxygen atoms in total. The van der Waals surface area contributed by atoms with Crippen molar-refractivity contribution in [1.82, 2.24) is 4.90 Å². The van der Waals surface area contributed by atoms with Crippen LogP contribution in [-0.2, 0) is 17.8 Å². The first-order chi connectivity index (χ1) is 10.5. The van der Waals surface area contributed by atoms with E-state index in [1.165, 1.54) is 16.0 Å². The fraction of sp³-hybridized carbons (Fsp3) is 0.278. The highest BCUT2D eigenvalue weighted by Gasteiger charge is 2.15. The maximum Gasteiger partial charge on any atom is 0.227 e. The van der Waals surface area contributed by atoms with Crippen LogP contribution in [0.15, 0.2) is 40.3 Å². The Balaban J connectivity index is 1.77. The predicted octanol–water partition coefficient (Wildman–Crippen LogP) is 4.31. The number of aryl methyl sites for hydroxylation is 2. The Morgan fingerprint density at radius 1 is 1.27 bits per heavy atom. The van der Waals surface area contributed by atoms with E-state index >= 15 is 0 Å². The number of likely N-dealkylation sites (N-methyl/N-ethyl adjacent to an activating group) is 1. The summed E-state index contributed by atoms with van der Waals surface area (Å²) < 4.78 is 5.60. The van der Waals surface area contributed by atoms with Crippen molar-refractivity contribution in [2.24, 2.45) is 0 Å². The number of benzene rings is 1. The summed E-state index contributed by atoms with van der Waals surface area (Å²) in [5, 5.41) is 3.07. The van der Waals surface area contributed by atoms with E-state index in [-0.39, 0.29) is 5.91 Å². The highest BCUT2D eigenvalue weighted by Crippen LogP contribution is 2.25. The number of carbonyl (C=O) groups excluding carboxylic acids is 1. The topological polar surface area (TPSA) is 33.5 Å². The minimum atomic E-state index is 0.106. The van der Waals surface area contributed by atoms with Gasteiger partial charge in [-0.1, -0.05) is 6.07 Å². The third-order valence-electron chi connectivity index (χ3n) is 4.01. The number of rotatable bonds is 4. The molecule has 0 spiro atoms. The second-order valence-electron chi connectivity index (χ2n) is 5.70. The van der Waals surface area contributed by atoms with Gasteiger partial charge in [0.1, 0.15) is 5.58 Å². The zero-order valence-electron chi connectivity index (χ0n) is 13.1. The number of thiophene rings is 1. The molecular weight excluding hydrogens is 294 g/mol. The molecule has 0 radical (unpaired) electrons. The van der Waals surface area contributed by atoms with Crippen LogP contribution in [-0.4, -0.2) is 17.9 Å². The van der Waals surface area contributed by atoms with Crippen LogP contribution >= 0.6 is 11.3 Å². The molecular formula is C18H19NO2S. The Hall–Kier alpha value is -2.07. The van der Waals surface area contributed by atoms with Crippen molar-refractivity contribution in [2.45, 2.75) is 26.8 Å². The van der Waals surface area contributed by atoms with Gasteiger partial charge in [0.15, 0.2) is 0 Å². The molecule has 0 saturated carbocycles. The van der Waals surface area contributed by atoms with Crippen molar-refractivity contribution >= 4 is 28.2 Å². The Morgan fingerprint density at radius 3 is 2.77 bits per heavy atom. The van der Waals surface area contributed by atoms with Crippen molar-refractivity contribution in [3.05, 3.63) is 57.5 Å². The second kappa shape index (κ2) is 5.97. The van der Waals surface area contributed by atoms with Crippen molar-refractivity contribution < 1.29 is 9.21 Å². The van der Waals surface area contributed by atoms with Gasteiger partial charge in [-0.2, -0.15) is 0 Å². The molecule has 0 fully saturated rings. The Kier molecular flexibility index (Phi) is 4.03. The molecule has 2 aromatic heterocycles. The molecule has 0 aliphatic heterocycles. The molecule has 4 heteroatoms. The molecule has 22 heavy (non-hydrogen) atoms. The van der Waals surface area contributed by atoms with Crippen LogP contribution in [0, 0.1) is 13.8 Å². The van der Waals surface area contributed by atoms with Gasteiger partial charge in [0, 0.05) is 22.9 Å². The number of hydrogen-bond donors (Lipinski definition) is 0. The van der Waals surface area contributed by atoms with E-state index in [0.29, 0.717) is 13.0 Å². The smallest absolute Gasteiger partial charge is 0.227 e. The zero-order valence-corrected chi connectivity index (χ0v) is 13.9. The van der Waals surface area contributed by atoms with Crippen molar-refractivity contribution in [1.29, 1.82) is 0 Å². The summed E-state index contributed by atoms with van der Waals surface area (Å²) in [6.45, 7) is 4.80. The van der Waals surface area contributed by atoms with E-state index in [9.17, 15) is 4.79 Å². The molecule has 0 N–H and O–H groups in total. The monoisotopic (exact) mass is 313 g/mol. The maximum absolute atomic E-state index is 12.4. The van der Waals surface area contributed by atoms with Crippen LogP contribution in [0.3, 0.4) is 0 Å². The van der Waals surface area contributed by atoms with Gasteiger partial charge < -0.3 is 9.32 Å². The SMILES string of the molecule is Cc1cc2occ(CC(=O)N(C)Cc3cccs3)c2cc1C. The van der Waals surface area contributed by atoms with E-state index < -0.39 is 0 Å². The molecule has 0 saturated heterocycles. The van der Waals surface area contributed by atoms with Crippen LogP contribution in [0.5, 0.6) is 0 Å². The third kappa shape index (κ3) is 2.92. The summed E-state index contributed by atoms with van der Waals surface area (Å²) in [5.41, 5.74) is 4.23. The predicted molar refractivity (Wildman–Crippen MR) is 90.2 cm³/mol. The molecule has 0 aliphatic rings. The molecule has 114 valence electrons. The molecule has 3 rings (SSSR count). The second-order valence-corrected chi connectivity index (χ2v) is 6.73. The number of amides is 1. The van der Waals surface area contributed by atoms with Gasteiger partial charge in [0.2, 0.25) is 5.91 Å². The fourth-order valence-corrected chi connectivity index (χ4v) is 3.25. The largest absolute Gasteiger partial charge is 0.464 e. The van der Waals surface area contributed by atoms with Gasteiger partial charge in [-0.25, -0.2) is 0 Å². The summed E-state index contributed by atoms with van der Waals surface area (Å²) in [6, 6.07) is 8.20. The average molecular weight is 313 g/mol. The summed E-state index contributed by atoms with van der Waals surface area (Å²) in [6.07, 6.45) is 2.08. The standard InChI is InChI=1S/C18H19NO2S/c1-12-7-16-14(11-21-17(16)8-13(12)2)9-18(20)19(3)10-15-5-4-6-22-15/h4-8,11H,9-10H2,1-3H3. The first kappa shape index (κ1) is 14.9. The van der Waals surface area contributed by atoms with Crippen LogP contribution < -0.4 is 0 Å². The van der Waals surface area contributed by atoms with Crippen molar-refractivity contribution in [3.8, 4) is 0 Å². The number of furan rings is 1. The van der Waals surface area contributed by atoms with E-state index in [4.69, 9.17) is 4.42 Å². The summed E-state index contributed by atoms with van der Waals surface area (Å²) in [5.74, 6) is 0.106. The lowest BCUT2D eigenvalue weighted by atomic mass is 10.0. The Morgan fingerprint density at radius 2 is 2.05 bits per heavy atom. The lowest BCUT2D eigenvalue weighted by Crippen LogP contribution is -2.27. The van der Waals surface area contributed by atoms with Crippen molar-refractivity contribution in [2.75, 3.05) is 7.05 Å². The van der Waals surface area contributed by atoms with E-state index in [0.717, 1.165) is 16.5 Å². The lowest BCUT2D eigenvalue weighted by molar-refractivity contribution is -0.129. The minimum Gasteiger partial charge on any atom is -0.464 e. The van der Waals surface area contributed by atoms with Crippen LogP contribution in [0.1, 0.15) is 21.6 Å². The number of fused-ring (bicyclic) bond motifs is 1. The highest BCUT2D eigenvalue weighted by molar-refractivity contribution is 7.09. The van der Waals surface area contributed by atoms with Crippen LogP contribution in [0.25, 0.3) is 11.0 Å². The molecule has 1 amide bonds. The molecule has 0 bridgehead atoms. The van der Waals surface area contributed by atoms with Gasteiger partial charge >= 0.3 is 0 Å². The first-order valence-electron chi connectivity index (χ1n) is 7.28. The van der Waals surface area contributed by atoms with E-state index in [1.54, 1.807) is 22.5 Å². The number of carbonyl (C=O) groups is 1. The molecule has 0 atom stereocenters. The first-order valence-corrected chi connectivity index (χ1v) is 8.16. The fourth-order valence-electron chi connectivity index (χ4n) is 2.50. The summed E-state index contributed by atoms with van der Waals surface area (Å²) >= 11 is 1.67. The van der Waals surface area contributed by atoms with Gasteiger partial charge in [0.05, 0.1) is 19.2 Å². The quantitative estimate of drug-likeness (QED) is 0.719. The third-order valence-corrected chi connectivity index (χ3v) is 4.87. The van der Waals surface area contributed by atoms with Gasteiger partial charge in [-0.05, 0) is 48.6 Å². The molecule has 0 unspecified atom stereocenters. The Bertz CT molecular complexity index is 802. The maximum atomic E-state index is 12.4. The van der Waals surface area contributed by atoms with Gasteiger partial charge in [0.25, 0.3) is 0 Å². The normalized spacial score (nSPS) is 11.0. The van der Waals surface area contributed by atoms with Crippen LogP contribution in [0.2, 0.25) is 0 Å². The van der Waals surface area contributed by atoms with E-state index in [2.05, 4.69) is 19.9 Å². The number of hydrogen-bond acceptors (Lipinski definition) is 3. The lowest BCUT2D eigenvalue weighted by Gasteiger charge is -2.15. The van der Waals surface area contributed by atoms with E-state index in [1.807, 2.05) is 30.6 Å². The van der Waals surface area contributed by atoms with Gasteiger partial charge in [-0.15, -0.1) is 11.3 Å². The highest BCUT2D eigenvalue weighted by atomic mass is 32.1. The average Bonchev–Trinajstić information content (AvgIpc) is 3.11.